The third-order valence-electron chi connectivity index (χ3n) is 3.46. The molecule has 0 aromatic carbocycles. The lowest BCUT2D eigenvalue weighted by Gasteiger charge is -2.29. The normalized spacial score (nSPS) is 21.1. The number of hydrogen-bond donors (Lipinski definition) is 1. The van der Waals surface area contributed by atoms with Crippen LogP contribution in [0.15, 0.2) is 24.8 Å². The SMILES string of the molecule is CN1CCC[C@@H](c2nccnc2-c2ncc[nH]2)C1. The molecule has 94 valence electrons. The number of rotatable bonds is 2. The number of likely N-dealkylation sites (N-methyl/N-ethyl adjacent to an activating group) is 1. The Morgan fingerprint density at radius 1 is 1.22 bits per heavy atom. The Balaban J connectivity index is 1.96. The third-order valence-corrected chi connectivity index (χ3v) is 3.46. The third kappa shape index (κ3) is 2.13. The molecule has 0 unspecified atom stereocenters. The highest BCUT2D eigenvalue weighted by atomic mass is 15.1. The number of aromatic amines is 1. The zero-order valence-corrected chi connectivity index (χ0v) is 10.5. The van der Waals surface area contributed by atoms with E-state index >= 15 is 0 Å². The first kappa shape index (κ1) is 11.3. The van der Waals surface area contributed by atoms with Gasteiger partial charge in [0, 0.05) is 37.3 Å². The fourth-order valence-corrected chi connectivity index (χ4v) is 2.61. The van der Waals surface area contributed by atoms with Crippen LogP contribution in [-0.2, 0) is 0 Å². The molecule has 1 fully saturated rings. The van der Waals surface area contributed by atoms with Crippen molar-refractivity contribution < 1.29 is 0 Å². The Hall–Kier alpha value is -1.75. The second kappa shape index (κ2) is 4.86. The quantitative estimate of drug-likeness (QED) is 0.871. The van der Waals surface area contributed by atoms with Gasteiger partial charge in [0.2, 0.25) is 0 Å². The number of imidazole rings is 1. The van der Waals surface area contributed by atoms with E-state index in [1.165, 1.54) is 19.4 Å². The van der Waals surface area contributed by atoms with Gasteiger partial charge in [-0.25, -0.2) is 9.97 Å². The van der Waals surface area contributed by atoms with Gasteiger partial charge in [0.15, 0.2) is 5.82 Å². The van der Waals surface area contributed by atoms with Crippen LogP contribution in [0.5, 0.6) is 0 Å². The summed E-state index contributed by atoms with van der Waals surface area (Å²) in [7, 11) is 2.16. The topological polar surface area (TPSA) is 57.7 Å². The first-order valence-electron chi connectivity index (χ1n) is 6.34. The van der Waals surface area contributed by atoms with Crippen LogP contribution in [0.25, 0.3) is 11.5 Å². The fourth-order valence-electron chi connectivity index (χ4n) is 2.61. The van der Waals surface area contributed by atoms with E-state index in [1.54, 1.807) is 18.6 Å². The molecule has 0 saturated carbocycles. The highest BCUT2D eigenvalue weighted by Gasteiger charge is 2.24. The van der Waals surface area contributed by atoms with Gasteiger partial charge in [0.1, 0.15) is 5.69 Å². The number of nitrogens with one attached hydrogen (secondary N) is 1. The van der Waals surface area contributed by atoms with Crippen molar-refractivity contribution in [2.75, 3.05) is 20.1 Å². The molecule has 0 bridgehead atoms. The second-order valence-electron chi connectivity index (χ2n) is 4.83. The number of H-pyrrole nitrogens is 1. The maximum absolute atomic E-state index is 4.54. The van der Waals surface area contributed by atoms with Crippen molar-refractivity contribution in [2.45, 2.75) is 18.8 Å². The predicted octanol–water partition coefficient (Wildman–Crippen LogP) is 1.68. The fraction of sp³-hybridized carbons (Fsp3) is 0.462. The van der Waals surface area contributed by atoms with Crippen LogP contribution in [0.2, 0.25) is 0 Å². The van der Waals surface area contributed by atoms with Gasteiger partial charge in [-0.15, -0.1) is 0 Å². The van der Waals surface area contributed by atoms with E-state index in [2.05, 4.69) is 31.9 Å². The van der Waals surface area contributed by atoms with E-state index in [-0.39, 0.29) is 0 Å². The summed E-state index contributed by atoms with van der Waals surface area (Å²) in [5, 5.41) is 0. The van der Waals surface area contributed by atoms with E-state index in [0.29, 0.717) is 5.92 Å². The number of aromatic nitrogens is 4. The van der Waals surface area contributed by atoms with Gasteiger partial charge in [0.05, 0.1) is 5.69 Å². The van der Waals surface area contributed by atoms with Gasteiger partial charge in [0.25, 0.3) is 0 Å². The van der Waals surface area contributed by atoms with Gasteiger partial charge in [-0.1, -0.05) is 0 Å². The molecule has 3 heterocycles. The lowest BCUT2D eigenvalue weighted by molar-refractivity contribution is 0.248. The van der Waals surface area contributed by atoms with Crippen LogP contribution < -0.4 is 0 Å². The molecule has 1 aliphatic rings. The van der Waals surface area contributed by atoms with Crippen LogP contribution in [0.4, 0.5) is 0 Å². The van der Waals surface area contributed by atoms with Gasteiger partial charge in [-0.05, 0) is 26.4 Å². The van der Waals surface area contributed by atoms with Gasteiger partial charge >= 0.3 is 0 Å². The molecule has 5 nitrogen and oxygen atoms in total. The summed E-state index contributed by atoms with van der Waals surface area (Å²) in [6.07, 6.45) is 9.47. The first-order chi connectivity index (χ1) is 8.84. The molecular weight excluding hydrogens is 226 g/mol. The lowest BCUT2D eigenvalue weighted by Crippen LogP contribution is -2.31. The molecule has 1 N–H and O–H groups in total. The van der Waals surface area contributed by atoms with Crippen molar-refractivity contribution in [1.29, 1.82) is 0 Å². The van der Waals surface area contributed by atoms with Crippen LogP contribution >= 0.6 is 0 Å². The van der Waals surface area contributed by atoms with Gasteiger partial charge < -0.3 is 9.88 Å². The zero-order valence-electron chi connectivity index (χ0n) is 10.5. The second-order valence-corrected chi connectivity index (χ2v) is 4.83. The number of nitrogens with zero attached hydrogens (tertiary/aromatic N) is 4. The summed E-state index contributed by atoms with van der Waals surface area (Å²) >= 11 is 0. The predicted molar refractivity (Wildman–Crippen MR) is 69.1 cm³/mol. The van der Waals surface area contributed by atoms with Crippen molar-refractivity contribution >= 4 is 0 Å². The molecule has 2 aromatic heterocycles. The van der Waals surface area contributed by atoms with E-state index in [1.807, 2.05) is 6.20 Å². The molecule has 0 spiro atoms. The molecule has 3 rings (SSSR count). The molecular formula is C13H17N5. The summed E-state index contributed by atoms with van der Waals surface area (Å²) in [5.74, 6) is 1.27. The van der Waals surface area contributed by atoms with E-state index in [0.717, 1.165) is 23.8 Å². The monoisotopic (exact) mass is 243 g/mol. The summed E-state index contributed by atoms with van der Waals surface area (Å²) in [5.41, 5.74) is 1.96. The number of likely N-dealkylation sites (tertiary alicyclic amines) is 1. The Labute approximate surface area is 106 Å². The largest absolute Gasteiger partial charge is 0.343 e. The highest BCUT2D eigenvalue weighted by molar-refractivity contribution is 5.53. The molecule has 2 aromatic rings. The molecule has 0 aliphatic carbocycles. The Bertz CT molecular complexity index is 508. The molecule has 18 heavy (non-hydrogen) atoms. The number of piperidine rings is 1. The summed E-state index contributed by atoms with van der Waals surface area (Å²) in [6.45, 7) is 2.22. The molecule has 1 atom stereocenters. The lowest BCUT2D eigenvalue weighted by atomic mass is 9.93. The number of hydrogen-bond acceptors (Lipinski definition) is 4. The maximum atomic E-state index is 4.54. The van der Waals surface area contributed by atoms with Crippen LogP contribution in [0.3, 0.4) is 0 Å². The van der Waals surface area contributed by atoms with Gasteiger partial charge in [-0.2, -0.15) is 0 Å². The Morgan fingerprint density at radius 3 is 2.89 bits per heavy atom. The maximum Gasteiger partial charge on any atom is 0.157 e. The average molecular weight is 243 g/mol. The van der Waals surface area contributed by atoms with Crippen molar-refractivity contribution in [3.8, 4) is 11.5 Å². The van der Waals surface area contributed by atoms with E-state index < -0.39 is 0 Å². The highest BCUT2D eigenvalue weighted by Crippen LogP contribution is 2.29. The Morgan fingerprint density at radius 2 is 2.11 bits per heavy atom. The summed E-state index contributed by atoms with van der Waals surface area (Å²) in [4.78, 5) is 18.8. The van der Waals surface area contributed by atoms with E-state index in [9.17, 15) is 0 Å². The molecule has 0 amide bonds. The van der Waals surface area contributed by atoms with Gasteiger partial charge in [-0.3, -0.25) is 4.98 Å². The standard InChI is InChI=1S/C13H17N5/c1-18-8-2-3-10(9-18)11-12(15-5-4-14-11)13-16-6-7-17-13/h4-7,10H,2-3,8-9H2,1H3,(H,16,17)/t10-/m1/s1. The van der Waals surface area contributed by atoms with Crippen molar-refractivity contribution in [1.82, 2.24) is 24.8 Å². The van der Waals surface area contributed by atoms with Crippen LogP contribution in [0.1, 0.15) is 24.5 Å². The zero-order chi connectivity index (χ0) is 12.4. The Kier molecular flexibility index (Phi) is 3.06. The van der Waals surface area contributed by atoms with Crippen molar-refractivity contribution in [3.05, 3.63) is 30.5 Å². The van der Waals surface area contributed by atoms with Crippen LogP contribution in [0, 0.1) is 0 Å². The van der Waals surface area contributed by atoms with Crippen molar-refractivity contribution in [3.63, 3.8) is 0 Å². The molecule has 1 aliphatic heterocycles. The smallest absolute Gasteiger partial charge is 0.157 e. The summed E-state index contributed by atoms with van der Waals surface area (Å²) < 4.78 is 0. The molecule has 1 saturated heterocycles. The minimum Gasteiger partial charge on any atom is -0.343 e. The first-order valence-corrected chi connectivity index (χ1v) is 6.34. The van der Waals surface area contributed by atoms with Crippen LogP contribution in [-0.4, -0.2) is 45.0 Å². The molecule has 0 radical (unpaired) electrons. The average Bonchev–Trinajstić information content (AvgIpc) is 2.92. The molecule has 5 heteroatoms. The summed E-state index contributed by atoms with van der Waals surface area (Å²) in [6, 6.07) is 0. The van der Waals surface area contributed by atoms with E-state index in [4.69, 9.17) is 0 Å². The van der Waals surface area contributed by atoms with Crippen molar-refractivity contribution in [2.24, 2.45) is 0 Å². The minimum atomic E-state index is 0.456. The minimum absolute atomic E-state index is 0.456.